The topological polar surface area (TPSA) is 54.2 Å². The maximum absolute atomic E-state index is 5.91. The van der Waals surface area contributed by atoms with Crippen LogP contribution in [0.5, 0.6) is 0 Å². The van der Waals surface area contributed by atoms with Crippen LogP contribution < -0.4 is 16.0 Å². The fourth-order valence-corrected chi connectivity index (χ4v) is 2.23. The van der Waals surface area contributed by atoms with E-state index in [-0.39, 0.29) is 0 Å². The normalized spacial score (nSPS) is 24.4. The molecule has 16 heavy (non-hydrogen) atoms. The summed E-state index contributed by atoms with van der Waals surface area (Å²) in [4.78, 5) is 6.40. The lowest BCUT2D eigenvalue weighted by Gasteiger charge is -2.20. The van der Waals surface area contributed by atoms with Crippen molar-refractivity contribution in [3.05, 3.63) is 18.3 Å². The summed E-state index contributed by atoms with van der Waals surface area (Å²) in [6, 6.07) is 4.89. The van der Waals surface area contributed by atoms with Gasteiger partial charge in [0.2, 0.25) is 0 Å². The number of aromatic nitrogens is 1. The lowest BCUT2D eigenvalue weighted by molar-refractivity contribution is 0.687. The Labute approximate surface area is 96.8 Å². The van der Waals surface area contributed by atoms with Crippen molar-refractivity contribution in [1.82, 2.24) is 4.98 Å². The Hall–Kier alpha value is -1.29. The molecule has 1 fully saturated rings. The highest BCUT2D eigenvalue weighted by atomic mass is 15.2. The van der Waals surface area contributed by atoms with Crippen LogP contribution in [0.4, 0.5) is 11.5 Å². The van der Waals surface area contributed by atoms with Crippen LogP contribution in [0.1, 0.15) is 19.3 Å². The lowest BCUT2D eigenvalue weighted by Crippen LogP contribution is -2.22. The van der Waals surface area contributed by atoms with Gasteiger partial charge in [0.15, 0.2) is 5.82 Å². The molecular weight excluding hydrogens is 200 g/mol. The molecule has 4 nitrogen and oxygen atoms in total. The average Bonchev–Trinajstić information content (AvgIpc) is 2.64. The Kier molecular flexibility index (Phi) is 3.29. The highest BCUT2D eigenvalue weighted by Crippen LogP contribution is 2.26. The van der Waals surface area contributed by atoms with Crippen molar-refractivity contribution in [1.29, 1.82) is 0 Å². The molecule has 0 aliphatic heterocycles. The summed E-state index contributed by atoms with van der Waals surface area (Å²) in [6.07, 6.45) is 5.15. The van der Waals surface area contributed by atoms with E-state index >= 15 is 0 Å². The van der Waals surface area contributed by atoms with Crippen molar-refractivity contribution >= 4 is 11.5 Å². The Balaban J connectivity index is 2.09. The number of anilines is 2. The van der Waals surface area contributed by atoms with Gasteiger partial charge in [0.05, 0.1) is 5.69 Å². The molecule has 1 aromatic rings. The van der Waals surface area contributed by atoms with Crippen molar-refractivity contribution in [3.8, 4) is 0 Å². The van der Waals surface area contributed by atoms with Crippen LogP contribution >= 0.6 is 0 Å². The minimum Gasteiger partial charge on any atom is -0.379 e. The third-order valence-electron chi connectivity index (χ3n) is 3.04. The number of nitrogens with one attached hydrogen (secondary N) is 1. The van der Waals surface area contributed by atoms with E-state index in [1.54, 1.807) is 0 Å². The summed E-state index contributed by atoms with van der Waals surface area (Å²) in [7, 11) is 4.02. The molecular formula is C12H20N4. The smallest absolute Gasteiger partial charge is 0.151 e. The van der Waals surface area contributed by atoms with Crippen molar-refractivity contribution in [3.63, 3.8) is 0 Å². The second-order valence-electron chi connectivity index (χ2n) is 4.68. The number of nitrogens with zero attached hydrogens (tertiary/aromatic N) is 2. The average molecular weight is 220 g/mol. The van der Waals surface area contributed by atoms with Gasteiger partial charge in [0.25, 0.3) is 0 Å². The lowest BCUT2D eigenvalue weighted by atomic mass is 10.2. The first-order valence-corrected chi connectivity index (χ1v) is 5.81. The van der Waals surface area contributed by atoms with Gasteiger partial charge in [-0.25, -0.2) is 4.98 Å². The Morgan fingerprint density at radius 2 is 2.25 bits per heavy atom. The van der Waals surface area contributed by atoms with E-state index in [4.69, 9.17) is 5.73 Å². The maximum Gasteiger partial charge on any atom is 0.151 e. The number of rotatable bonds is 3. The minimum atomic E-state index is 0.358. The molecule has 1 aliphatic carbocycles. The van der Waals surface area contributed by atoms with Crippen molar-refractivity contribution in [2.75, 3.05) is 24.3 Å². The Morgan fingerprint density at radius 3 is 2.88 bits per heavy atom. The SMILES string of the molecule is CN(C)c1ncccc1NC1CCC(N)C1. The predicted octanol–water partition coefficient (Wildman–Crippen LogP) is 1.44. The van der Waals surface area contributed by atoms with Crippen LogP contribution in [0.3, 0.4) is 0 Å². The molecule has 2 unspecified atom stereocenters. The van der Waals surface area contributed by atoms with Gasteiger partial charge in [-0.1, -0.05) is 0 Å². The van der Waals surface area contributed by atoms with Gasteiger partial charge < -0.3 is 16.0 Å². The molecule has 0 radical (unpaired) electrons. The first-order valence-electron chi connectivity index (χ1n) is 5.81. The Morgan fingerprint density at radius 1 is 1.44 bits per heavy atom. The molecule has 1 aromatic heterocycles. The summed E-state index contributed by atoms with van der Waals surface area (Å²) in [5, 5.41) is 3.54. The molecule has 0 spiro atoms. The first-order chi connectivity index (χ1) is 7.66. The highest BCUT2D eigenvalue weighted by molar-refractivity contribution is 5.65. The molecule has 2 atom stereocenters. The number of hydrogen-bond donors (Lipinski definition) is 2. The van der Waals surface area contributed by atoms with Gasteiger partial charge in [0, 0.05) is 32.4 Å². The van der Waals surface area contributed by atoms with Gasteiger partial charge in [-0.2, -0.15) is 0 Å². The van der Waals surface area contributed by atoms with Gasteiger partial charge in [-0.3, -0.25) is 0 Å². The summed E-state index contributed by atoms with van der Waals surface area (Å²) in [5.74, 6) is 0.989. The van der Waals surface area contributed by atoms with Gasteiger partial charge in [0.1, 0.15) is 0 Å². The largest absolute Gasteiger partial charge is 0.379 e. The molecule has 2 rings (SSSR count). The van der Waals surface area contributed by atoms with Gasteiger partial charge in [-0.15, -0.1) is 0 Å². The number of hydrogen-bond acceptors (Lipinski definition) is 4. The van der Waals surface area contributed by atoms with E-state index in [2.05, 4.69) is 16.4 Å². The minimum absolute atomic E-state index is 0.358. The number of nitrogens with two attached hydrogens (primary N) is 1. The summed E-state index contributed by atoms with van der Waals surface area (Å²) in [6.45, 7) is 0. The third kappa shape index (κ3) is 2.44. The molecule has 88 valence electrons. The van der Waals surface area contributed by atoms with Crippen molar-refractivity contribution in [2.24, 2.45) is 5.73 Å². The summed E-state index contributed by atoms with van der Waals surface area (Å²) in [5.41, 5.74) is 7.01. The molecule has 0 aromatic carbocycles. The number of pyridine rings is 1. The fourth-order valence-electron chi connectivity index (χ4n) is 2.23. The van der Waals surface area contributed by atoms with E-state index in [1.807, 2.05) is 31.3 Å². The molecule has 1 aliphatic rings. The van der Waals surface area contributed by atoms with Crippen LogP contribution in [0.25, 0.3) is 0 Å². The van der Waals surface area contributed by atoms with Gasteiger partial charge in [-0.05, 0) is 31.4 Å². The molecule has 3 N–H and O–H groups in total. The fraction of sp³-hybridized carbons (Fsp3) is 0.583. The molecule has 1 heterocycles. The van der Waals surface area contributed by atoms with E-state index < -0.39 is 0 Å². The molecule has 0 bridgehead atoms. The zero-order valence-corrected chi connectivity index (χ0v) is 9.98. The first kappa shape index (κ1) is 11.2. The van der Waals surface area contributed by atoms with Crippen molar-refractivity contribution in [2.45, 2.75) is 31.3 Å². The van der Waals surface area contributed by atoms with Crippen LogP contribution in [0.2, 0.25) is 0 Å². The van der Waals surface area contributed by atoms with Crippen LogP contribution in [0, 0.1) is 0 Å². The quantitative estimate of drug-likeness (QED) is 0.809. The molecule has 4 heteroatoms. The van der Waals surface area contributed by atoms with E-state index in [0.717, 1.165) is 30.8 Å². The van der Waals surface area contributed by atoms with Crippen LogP contribution in [-0.4, -0.2) is 31.2 Å². The molecule has 1 saturated carbocycles. The standard InChI is InChI=1S/C12H20N4/c1-16(2)12-11(4-3-7-14-12)15-10-6-5-9(13)8-10/h3-4,7,9-10,15H,5-6,8,13H2,1-2H3. The maximum atomic E-state index is 5.91. The third-order valence-corrected chi connectivity index (χ3v) is 3.04. The van der Waals surface area contributed by atoms with Crippen LogP contribution in [-0.2, 0) is 0 Å². The second-order valence-corrected chi connectivity index (χ2v) is 4.68. The van der Waals surface area contributed by atoms with Crippen molar-refractivity contribution < 1.29 is 0 Å². The zero-order chi connectivity index (χ0) is 11.5. The van der Waals surface area contributed by atoms with Gasteiger partial charge >= 0.3 is 0 Å². The molecule has 0 saturated heterocycles. The van der Waals surface area contributed by atoms with E-state index in [1.165, 1.54) is 0 Å². The van der Waals surface area contributed by atoms with E-state index in [0.29, 0.717) is 12.1 Å². The Bertz CT molecular complexity index is 351. The summed E-state index contributed by atoms with van der Waals surface area (Å²) >= 11 is 0. The highest BCUT2D eigenvalue weighted by Gasteiger charge is 2.22. The van der Waals surface area contributed by atoms with E-state index in [9.17, 15) is 0 Å². The predicted molar refractivity (Wildman–Crippen MR) is 67.8 cm³/mol. The summed E-state index contributed by atoms with van der Waals surface area (Å²) < 4.78 is 0. The zero-order valence-electron chi connectivity index (χ0n) is 9.98. The van der Waals surface area contributed by atoms with Crippen LogP contribution in [0.15, 0.2) is 18.3 Å². The molecule has 0 amide bonds. The monoisotopic (exact) mass is 220 g/mol. The second kappa shape index (κ2) is 4.70.